The molecule has 134 valence electrons. The minimum Gasteiger partial charge on any atom is -0.327 e. The van der Waals surface area contributed by atoms with Gasteiger partial charge in [0.1, 0.15) is 5.82 Å². The van der Waals surface area contributed by atoms with Crippen LogP contribution in [0.3, 0.4) is 0 Å². The van der Waals surface area contributed by atoms with Gasteiger partial charge in [-0.1, -0.05) is 50.1 Å². The second-order valence-electron chi connectivity index (χ2n) is 6.30. The van der Waals surface area contributed by atoms with Crippen LogP contribution in [0.25, 0.3) is 16.9 Å². The molecule has 0 bridgehead atoms. The molecule has 0 amide bonds. The van der Waals surface area contributed by atoms with E-state index < -0.39 is 0 Å². The minimum absolute atomic E-state index is 0.170. The van der Waals surface area contributed by atoms with Crippen LogP contribution in [0.4, 0.5) is 0 Å². The number of fused-ring (bicyclic) bond motifs is 2. The van der Waals surface area contributed by atoms with Crippen molar-refractivity contribution < 1.29 is 0 Å². The van der Waals surface area contributed by atoms with Crippen LogP contribution in [0.15, 0.2) is 39.9 Å². The van der Waals surface area contributed by atoms with Crippen LogP contribution in [0, 0.1) is 0 Å². The zero-order valence-electron chi connectivity index (χ0n) is 14.4. The lowest BCUT2D eigenvalue weighted by molar-refractivity contribution is 0.612. The van der Waals surface area contributed by atoms with E-state index in [0.29, 0.717) is 33.9 Å². The molecule has 26 heavy (non-hydrogen) atoms. The van der Waals surface area contributed by atoms with Crippen molar-refractivity contribution in [2.75, 3.05) is 0 Å². The van der Waals surface area contributed by atoms with Gasteiger partial charge >= 0.3 is 0 Å². The minimum atomic E-state index is -0.170. The van der Waals surface area contributed by atoms with E-state index in [1.807, 2.05) is 34.9 Å². The number of nitrogens with zero attached hydrogens (tertiary/aromatic N) is 5. The molecule has 1 N–H and O–H groups in total. The highest BCUT2D eigenvalue weighted by atomic mass is 79.9. The first-order valence-electron chi connectivity index (χ1n) is 8.75. The van der Waals surface area contributed by atoms with E-state index in [0.717, 1.165) is 31.4 Å². The van der Waals surface area contributed by atoms with Gasteiger partial charge in [0, 0.05) is 13.0 Å². The number of H-pyrrole nitrogens is 1. The molecule has 0 fully saturated rings. The van der Waals surface area contributed by atoms with E-state index in [1.165, 1.54) is 0 Å². The maximum absolute atomic E-state index is 13.0. The van der Waals surface area contributed by atoms with Gasteiger partial charge in [-0.3, -0.25) is 9.36 Å². The number of benzene rings is 1. The first-order valence-corrected chi connectivity index (χ1v) is 9.54. The lowest BCUT2D eigenvalue weighted by Gasteiger charge is -2.09. The number of nitrogens with one attached hydrogen (secondary N) is 1. The van der Waals surface area contributed by atoms with Gasteiger partial charge in [-0.25, -0.2) is 9.38 Å². The third kappa shape index (κ3) is 2.94. The number of halogens is 1. The Bertz CT molecular complexity index is 1110. The number of hydrogen-bond donors (Lipinski definition) is 1. The summed E-state index contributed by atoms with van der Waals surface area (Å²) < 4.78 is 4.13. The lowest BCUT2D eigenvalue weighted by Crippen LogP contribution is -2.21. The smallest absolute Gasteiger partial charge is 0.286 e. The van der Waals surface area contributed by atoms with Gasteiger partial charge in [-0.2, -0.15) is 0 Å². The average molecular weight is 415 g/mol. The van der Waals surface area contributed by atoms with E-state index in [9.17, 15) is 4.79 Å². The molecule has 0 radical (unpaired) electrons. The Morgan fingerprint density at radius 2 is 1.96 bits per heavy atom. The number of aryl methyl sites for hydroxylation is 1. The summed E-state index contributed by atoms with van der Waals surface area (Å²) in [4.78, 5) is 20.5. The van der Waals surface area contributed by atoms with Crippen molar-refractivity contribution in [3.05, 3.63) is 56.8 Å². The number of rotatable bonds is 6. The molecule has 0 aliphatic carbocycles. The van der Waals surface area contributed by atoms with Gasteiger partial charge < -0.3 is 4.98 Å². The molecule has 4 aromatic rings. The Hall–Kier alpha value is -2.48. The van der Waals surface area contributed by atoms with Crippen molar-refractivity contribution in [1.82, 2.24) is 29.1 Å². The van der Waals surface area contributed by atoms with Crippen LogP contribution >= 0.6 is 15.9 Å². The lowest BCUT2D eigenvalue weighted by atomic mass is 10.1. The standard InChI is InChI=1S/C18H19BrN6O/c1-2-3-7-10-24-15-14(20-17(19)21-15)16(26)25-13(22-23-18(24)25)11-12-8-5-4-6-9-12/h4-6,8-9H,2-3,7,10-11H2,1H3,(H,20,21). The topological polar surface area (TPSA) is 80.9 Å². The van der Waals surface area contributed by atoms with E-state index >= 15 is 0 Å². The fraction of sp³-hybridized carbons (Fsp3) is 0.333. The molecular weight excluding hydrogens is 396 g/mol. The van der Waals surface area contributed by atoms with Gasteiger partial charge in [-0.15, -0.1) is 10.2 Å². The highest BCUT2D eigenvalue weighted by molar-refractivity contribution is 9.10. The predicted molar refractivity (Wildman–Crippen MR) is 103 cm³/mol. The van der Waals surface area contributed by atoms with Crippen LogP contribution in [-0.2, 0) is 13.0 Å². The molecule has 0 aliphatic heterocycles. The van der Waals surface area contributed by atoms with E-state index in [1.54, 1.807) is 4.40 Å². The Morgan fingerprint density at radius 3 is 2.73 bits per heavy atom. The molecule has 8 heteroatoms. The second-order valence-corrected chi connectivity index (χ2v) is 7.06. The van der Waals surface area contributed by atoms with Gasteiger partial charge in [0.2, 0.25) is 5.78 Å². The van der Waals surface area contributed by atoms with Crippen LogP contribution in [-0.4, -0.2) is 29.1 Å². The second kappa shape index (κ2) is 7.03. The summed E-state index contributed by atoms with van der Waals surface area (Å²) in [6.45, 7) is 2.91. The maximum atomic E-state index is 13.0. The van der Waals surface area contributed by atoms with Crippen molar-refractivity contribution >= 4 is 32.9 Å². The summed E-state index contributed by atoms with van der Waals surface area (Å²) in [6, 6.07) is 9.97. The summed E-state index contributed by atoms with van der Waals surface area (Å²) in [5, 5.41) is 8.62. The monoisotopic (exact) mass is 414 g/mol. The van der Waals surface area contributed by atoms with Crippen molar-refractivity contribution in [3.63, 3.8) is 0 Å². The molecule has 4 rings (SSSR count). The number of unbranched alkanes of at least 4 members (excludes halogenated alkanes) is 2. The molecule has 7 nitrogen and oxygen atoms in total. The molecule has 0 aliphatic rings. The Labute approximate surface area is 158 Å². The number of hydrogen-bond acceptors (Lipinski definition) is 4. The fourth-order valence-electron chi connectivity index (χ4n) is 3.20. The summed E-state index contributed by atoms with van der Waals surface area (Å²) in [6.07, 6.45) is 3.77. The first kappa shape index (κ1) is 17.0. The molecule has 3 aromatic heterocycles. The molecule has 1 aromatic carbocycles. The Kier molecular flexibility index (Phi) is 4.58. The van der Waals surface area contributed by atoms with Crippen LogP contribution in [0.1, 0.15) is 37.6 Å². The van der Waals surface area contributed by atoms with E-state index in [4.69, 9.17) is 0 Å². The van der Waals surface area contributed by atoms with Crippen molar-refractivity contribution in [1.29, 1.82) is 0 Å². The summed E-state index contributed by atoms with van der Waals surface area (Å²) in [5.74, 6) is 1.18. The van der Waals surface area contributed by atoms with Crippen LogP contribution in [0.5, 0.6) is 0 Å². The normalized spacial score (nSPS) is 11.6. The number of imidazole rings is 1. The molecular formula is C18H19BrN6O. The van der Waals surface area contributed by atoms with Gasteiger partial charge in [0.05, 0.1) is 0 Å². The quantitative estimate of drug-likeness (QED) is 0.387. The Morgan fingerprint density at radius 1 is 1.15 bits per heavy atom. The van der Waals surface area contributed by atoms with Crippen molar-refractivity contribution in [3.8, 4) is 0 Å². The molecule has 0 unspecified atom stereocenters. The summed E-state index contributed by atoms with van der Waals surface area (Å²) in [7, 11) is 0. The van der Waals surface area contributed by atoms with E-state index in [2.05, 4.69) is 43.0 Å². The third-order valence-electron chi connectivity index (χ3n) is 4.47. The molecule has 0 saturated heterocycles. The molecule has 0 saturated carbocycles. The maximum Gasteiger partial charge on any atom is 0.286 e. The summed E-state index contributed by atoms with van der Waals surface area (Å²) >= 11 is 3.34. The zero-order chi connectivity index (χ0) is 18.1. The third-order valence-corrected chi connectivity index (χ3v) is 4.85. The summed E-state index contributed by atoms with van der Waals surface area (Å²) in [5.41, 5.74) is 2.00. The molecule has 0 atom stereocenters. The number of aromatic amines is 1. The largest absolute Gasteiger partial charge is 0.327 e. The average Bonchev–Trinajstić information content (AvgIpc) is 3.23. The van der Waals surface area contributed by atoms with Gasteiger partial charge in [-0.05, 0) is 27.9 Å². The van der Waals surface area contributed by atoms with Crippen molar-refractivity contribution in [2.45, 2.75) is 39.2 Å². The molecule has 3 heterocycles. The zero-order valence-corrected chi connectivity index (χ0v) is 16.0. The number of aromatic nitrogens is 6. The van der Waals surface area contributed by atoms with Crippen molar-refractivity contribution in [2.24, 2.45) is 0 Å². The predicted octanol–water partition coefficient (Wildman–Crippen LogP) is 3.31. The highest BCUT2D eigenvalue weighted by Gasteiger charge is 2.19. The molecule has 0 spiro atoms. The van der Waals surface area contributed by atoms with E-state index in [-0.39, 0.29) is 5.56 Å². The highest BCUT2D eigenvalue weighted by Crippen LogP contribution is 2.17. The SMILES string of the molecule is CCCCCn1c2nc(Br)[nH]c2c(=O)n2c(Cc3ccccc3)nnc12. The first-order chi connectivity index (χ1) is 12.7. The van der Waals surface area contributed by atoms with Crippen LogP contribution in [0.2, 0.25) is 0 Å². The fourth-order valence-corrected chi connectivity index (χ4v) is 3.56. The van der Waals surface area contributed by atoms with Gasteiger partial charge in [0.15, 0.2) is 15.9 Å². The Balaban J connectivity index is 1.90. The van der Waals surface area contributed by atoms with Gasteiger partial charge in [0.25, 0.3) is 5.56 Å². The van der Waals surface area contributed by atoms with Crippen LogP contribution < -0.4 is 5.56 Å².